The van der Waals surface area contributed by atoms with Crippen LogP contribution in [0.1, 0.15) is 30.8 Å². The lowest BCUT2D eigenvalue weighted by molar-refractivity contribution is -0.143. The molecule has 0 aromatic carbocycles. The number of amides is 1. The van der Waals surface area contributed by atoms with Crippen molar-refractivity contribution < 1.29 is 14.7 Å². The first-order valence-electron chi connectivity index (χ1n) is 6.48. The molecule has 7 nitrogen and oxygen atoms in total. The number of carboxylic acids is 1. The minimum Gasteiger partial charge on any atom is -0.480 e. The highest BCUT2D eigenvalue weighted by atomic mass is 16.4. The summed E-state index contributed by atoms with van der Waals surface area (Å²) >= 11 is 0. The van der Waals surface area contributed by atoms with E-state index in [1.165, 1.54) is 13.1 Å². The van der Waals surface area contributed by atoms with Crippen LogP contribution < -0.4 is 5.32 Å². The maximum absolute atomic E-state index is 12.2. The van der Waals surface area contributed by atoms with Crippen molar-refractivity contribution >= 4 is 11.9 Å². The summed E-state index contributed by atoms with van der Waals surface area (Å²) in [4.78, 5) is 27.4. The molecule has 0 bridgehead atoms. The first kappa shape index (κ1) is 14.7. The van der Waals surface area contributed by atoms with Gasteiger partial charge in [0.25, 0.3) is 5.91 Å². The maximum atomic E-state index is 12.2. The smallest absolute Gasteiger partial charge is 0.329 e. The number of hydrogen-bond donors (Lipinski definition) is 2. The Hall–Kier alpha value is -2.70. The highest BCUT2D eigenvalue weighted by Crippen LogP contribution is 2.12. The third kappa shape index (κ3) is 3.07. The summed E-state index contributed by atoms with van der Waals surface area (Å²) in [5, 5.41) is 15.8. The monoisotopic (exact) mass is 288 g/mol. The molecule has 2 aromatic rings. The van der Waals surface area contributed by atoms with Crippen LogP contribution in [0.25, 0.3) is 5.69 Å². The van der Waals surface area contributed by atoms with E-state index in [4.69, 9.17) is 0 Å². The van der Waals surface area contributed by atoms with E-state index in [1.807, 2.05) is 0 Å². The predicted octanol–water partition coefficient (Wildman–Crippen LogP) is 1.25. The summed E-state index contributed by atoms with van der Waals surface area (Å²) in [5.74, 6) is -1.61. The second-order valence-electron chi connectivity index (χ2n) is 4.79. The van der Waals surface area contributed by atoms with Gasteiger partial charge in [0.1, 0.15) is 11.2 Å². The van der Waals surface area contributed by atoms with E-state index in [0.717, 1.165) is 0 Å². The molecular weight excluding hydrogens is 272 g/mol. The van der Waals surface area contributed by atoms with Crippen molar-refractivity contribution in [3.05, 3.63) is 42.5 Å². The largest absolute Gasteiger partial charge is 0.480 e. The van der Waals surface area contributed by atoms with Crippen LogP contribution in [-0.2, 0) is 4.79 Å². The number of hydrogen-bond acceptors (Lipinski definition) is 4. The lowest BCUT2D eigenvalue weighted by Crippen LogP contribution is -2.51. The van der Waals surface area contributed by atoms with Gasteiger partial charge >= 0.3 is 5.97 Å². The SMILES string of the molecule is CCC(C)(NC(=O)c1cc(-n2cccn2)ccn1)C(=O)O. The van der Waals surface area contributed by atoms with Crippen LogP contribution in [0, 0.1) is 0 Å². The molecule has 2 N–H and O–H groups in total. The van der Waals surface area contributed by atoms with Crippen molar-refractivity contribution in [2.75, 3.05) is 0 Å². The summed E-state index contributed by atoms with van der Waals surface area (Å²) in [5.41, 5.74) is -0.502. The van der Waals surface area contributed by atoms with Crippen molar-refractivity contribution in [2.24, 2.45) is 0 Å². The lowest BCUT2D eigenvalue weighted by Gasteiger charge is -2.24. The zero-order valence-electron chi connectivity index (χ0n) is 11.8. The van der Waals surface area contributed by atoms with Gasteiger partial charge in [-0.2, -0.15) is 5.10 Å². The number of rotatable bonds is 5. The van der Waals surface area contributed by atoms with E-state index in [0.29, 0.717) is 5.69 Å². The van der Waals surface area contributed by atoms with Gasteiger partial charge in [-0.25, -0.2) is 9.48 Å². The van der Waals surface area contributed by atoms with Crippen LogP contribution in [0.4, 0.5) is 0 Å². The van der Waals surface area contributed by atoms with Crippen LogP contribution in [-0.4, -0.2) is 37.3 Å². The van der Waals surface area contributed by atoms with E-state index in [9.17, 15) is 14.7 Å². The van der Waals surface area contributed by atoms with Crippen molar-refractivity contribution in [3.63, 3.8) is 0 Å². The summed E-state index contributed by atoms with van der Waals surface area (Å²) < 4.78 is 1.59. The predicted molar refractivity (Wildman–Crippen MR) is 75.2 cm³/mol. The minimum atomic E-state index is -1.32. The van der Waals surface area contributed by atoms with E-state index in [1.54, 1.807) is 42.2 Å². The third-order valence-electron chi connectivity index (χ3n) is 3.31. The topological polar surface area (TPSA) is 97.1 Å². The Morgan fingerprint density at radius 2 is 2.19 bits per heavy atom. The molecule has 1 atom stereocenters. The van der Waals surface area contributed by atoms with Gasteiger partial charge in [0.2, 0.25) is 0 Å². The first-order valence-corrected chi connectivity index (χ1v) is 6.48. The normalized spacial score (nSPS) is 13.4. The van der Waals surface area contributed by atoms with Crippen LogP contribution in [0.2, 0.25) is 0 Å². The van der Waals surface area contributed by atoms with Crippen LogP contribution in [0.5, 0.6) is 0 Å². The summed E-state index contributed by atoms with van der Waals surface area (Å²) in [7, 11) is 0. The third-order valence-corrected chi connectivity index (χ3v) is 3.31. The number of carbonyl (C=O) groups is 2. The zero-order valence-corrected chi connectivity index (χ0v) is 11.8. The molecule has 0 radical (unpaired) electrons. The molecule has 0 fully saturated rings. The lowest BCUT2D eigenvalue weighted by atomic mass is 9.99. The van der Waals surface area contributed by atoms with Crippen molar-refractivity contribution in [3.8, 4) is 5.69 Å². The van der Waals surface area contributed by atoms with Crippen molar-refractivity contribution in [2.45, 2.75) is 25.8 Å². The number of carbonyl (C=O) groups excluding carboxylic acids is 1. The fourth-order valence-corrected chi connectivity index (χ4v) is 1.72. The Morgan fingerprint density at radius 3 is 2.76 bits per heavy atom. The van der Waals surface area contributed by atoms with Gasteiger partial charge in [0, 0.05) is 18.6 Å². The van der Waals surface area contributed by atoms with Gasteiger partial charge < -0.3 is 10.4 Å². The van der Waals surface area contributed by atoms with Gasteiger partial charge in [-0.05, 0) is 31.5 Å². The first-order chi connectivity index (χ1) is 9.96. The van der Waals surface area contributed by atoms with Crippen LogP contribution >= 0.6 is 0 Å². The molecule has 2 heterocycles. The summed E-state index contributed by atoms with van der Waals surface area (Å²) in [6, 6.07) is 5.03. The molecule has 1 amide bonds. The fraction of sp³-hybridized carbons (Fsp3) is 0.286. The average molecular weight is 288 g/mol. The molecule has 0 aliphatic carbocycles. The second kappa shape index (κ2) is 5.74. The second-order valence-corrected chi connectivity index (χ2v) is 4.79. The molecule has 7 heteroatoms. The maximum Gasteiger partial charge on any atom is 0.329 e. The van der Waals surface area contributed by atoms with Gasteiger partial charge in [0.15, 0.2) is 0 Å². The van der Waals surface area contributed by atoms with Gasteiger partial charge in [-0.1, -0.05) is 6.92 Å². The summed E-state index contributed by atoms with van der Waals surface area (Å²) in [6.07, 6.45) is 5.12. The standard InChI is InChI=1S/C14H16N4O3/c1-3-14(2,13(20)21)17-12(19)11-9-10(5-7-15-11)18-8-4-6-16-18/h4-9H,3H2,1-2H3,(H,17,19)(H,20,21). The molecule has 21 heavy (non-hydrogen) atoms. The minimum absolute atomic E-state index is 0.143. The van der Waals surface area contributed by atoms with Crippen LogP contribution in [0.3, 0.4) is 0 Å². The van der Waals surface area contributed by atoms with E-state index in [2.05, 4.69) is 15.4 Å². The molecule has 2 aromatic heterocycles. The molecular formula is C14H16N4O3. The molecule has 0 saturated heterocycles. The molecule has 0 aliphatic heterocycles. The number of aromatic nitrogens is 3. The van der Waals surface area contributed by atoms with Crippen LogP contribution in [0.15, 0.2) is 36.8 Å². The Kier molecular flexibility index (Phi) is 4.02. The number of aliphatic carboxylic acids is 1. The van der Waals surface area contributed by atoms with E-state index >= 15 is 0 Å². The molecule has 2 rings (SSSR count). The van der Waals surface area contributed by atoms with Crippen molar-refractivity contribution in [1.82, 2.24) is 20.1 Å². The highest BCUT2D eigenvalue weighted by Gasteiger charge is 2.33. The van der Waals surface area contributed by atoms with Gasteiger partial charge in [0.05, 0.1) is 5.69 Å². The molecule has 1 unspecified atom stereocenters. The van der Waals surface area contributed by atoms with Gasteiger partial charge in [-0.3, -0.25) is 9.78 Å². The number of pyridine rings is 1. The number of carboxylic acid groups (broad SMARTS) is 1. The molecule has 0 aliphatic rings. The average Bonchev–Trinajstić information content (AvgIpc) is 3.01. The fourth-order valence-electron chi connectivity index (χ4n) is 1.72. The Balaban J connectivity index is 2.24. The molecule has 110 valence electrons. The van der Waals surface area contributed by atoms with Crippen molar-refractivity contribution in [1.29, 1.82) is 0 Å². The highest BCUT2D eigenvalue weighted by molar-refractivity contribution is 5.96. The van der Waals surface area contributed by atoms with E-state index in [-0.39, 0.29) is 12.1 Å². The number of nitrogens with one attached hydrogen (secondary N) is 1. The Bertz CT molecular complexity index is 654. The zero-order chi connectivity index (χ0) is 15.5. The Morgan fingerprint density at radius 1 is 1.43 bits per heavy atom. The molecule has 0 spiro atoms. The Labute approximate surface area is 121 Å². The molecule has 0 saturated carbocycles. The quantitative estimate of drug-likeness (QED) is 0.863. The summed E-state index contributed by atoms with van der Waals surface area (Å²) in [6.45, 7) is 3.16. The number of nitrogens with zero attached hydrogens (tertiary/aromatic N) is 3. The van der Waals surface area contributed by atoms with E-state index < -0.39 is 17.4 Å². The van der Waals surface area contributed by atoms with Gasteiger partial charge in [-0.15, -0.1) is 0 Å².